The molecule has 0 heterocycles. The van der Waals surface area contributed by atoms with Crippen LogP contribution in [-0.4, -0.2) is 47.0 Å². The average molecular weight is 229 g/mol. The lowest BCUT2D eigenvalue weighted by Crippen LogP contribution is -2.46. The minimum absolute atomic E-state index is 0.187. The largest absolute Gasteiger partial charge is 0.395 e. The van der Waals surface area contributed by atoms with Crippen LogP contribution < -0.4 is 0 Å². The lowest BCUT2D eigenvalue weighted by Gasteiger charge is -2.38. The summed E-state index contributed by atoms with van der Waals surface area (Å²) in [7, 11) is 0. The van der Waals surface area contributed by atoms with Crippen LogP contribution in [0.1, 0.15) is 46.0 Å². The van der Waals surface area contributed by atoms with E-state index in [0.717, 1.165) is 51.1 Å². The van der Waals surface area contributed by atoms with E-state index in [1.807, 2.05) is 0 Å². The van der Waals surface area contributed by atoms with E-state index in [9.17, 15) is 5.11 Å². The van der Waals surface area contributed by atoms with Gasteiger partial charge in [-0.05, 0) is 44.6 Å². The Morgan fingerprint density at radius 3 is 2.38 bits per heavy atom. The third-order valence-electron chi connectivity index (χ3n) is 3.68. The Balaban J connectivity index is 2.42. The van der Waals surface area contributed by atoms with Gasteiger partial charge in [-0.3, -0.25) is 4.90 Å². The molecule has 16 heavy (non-hydrogen) atoms. The summed E-state index contributed by atoms with van der Waals surface area (Å²) in [5, 5.41) is 19.5. The average Bonchev–Trinajstić information content (AvgIpc) is 2.24. The molecule has 1 rings (SSSR count). The van der Waals surface area contributed by atoms with E-state index >= 15 is 0 Å². The minimum atomic E-state index is -0.503. The fourth-order valence-corrected chi connectivity index (χ4v) is 2.60. The lowest BCUT2D eigenvalue weighted by atomic mass is 9.79. The number of aliphatic hydroxyl groups excluding tert-OH is 1. The minimum Gasteiger partial charge on any atom is -0.395 e. The molecule has 0 saturated heterocycles. The third-order valence-corrected chi connectivity index (χ3v) is 3.68. The SMILES string of the molecule is CCCN(CCO)CC1(O)CCC(C)CC1. The molecule has 3 nitrogen and oxygen atoms in total. The smallest absolute Gasteiger partial charge is 0.0774 e. The van der Waals surface area contributed by atoms with Crippen LogP contribution in [0.25, 0.3) is 0 Å². The van der Waals surface area contributed by atoms with Crippen LogP contribution in [0.2, 0.25) is 0 Å². The van der Waals surface area contributed by atoms with Crippen molar-refractivity contribution in [2.24, 2.45) is 5.92 Å². The predicted molar refractivity (Wildman–Crippen MR) is 66.4 cm³/mol. The van der Waals surface area contributed by atoms with Crippen LogP contribution in [-0.2, 0) is 0 Å². The number of nitrogens with zero attached hydrogens (tertiary/aromatic N) is 1. The van der Waals surface area contributed by atoms with Crippen LogP contribution in [0, 0.1) is 5.92 Å². The maximum atomic E-state index is 10.5. The standard InChI is InChI=1S/C13H27NO2/c1-3-8-14(9-10-15)11-13(16)6-4-12(2)5-7-13/h12,15-16H,3-11H2,1-2H3. The first-order valence-corrected chi connectivity index (χ1v) is 6.65. The van der Waals surface area contributed by atoms with Gasteiger partial charge in [-0.25, -0.2) is 0 Å². The van der Waals surface area contributed by atoms with Gasteiger partial charge in [0.25, 0.3) is 0 Å². The van der Waals surface area contributed by atoms with Gasteiger partial charge >= 0.3 is 0 Å². The molecule has 96 valence electrons. The van der Waals surface area contributed by atoms with Gasteiger partial charge in [0.1, 0.15) is 0 Å². The van der Waals surface area contributed by atoms with Crippen LogP contribution >= 0.6 is 0 Å². The maximum absolute atomic E-state index is 10.5. The number of hydrogen-bond donors (Lipinski definition) is 2. The predicted octanol–water partition coefficient (Wildman–Crippen LogP) is 1.63. The van der Waals surface area contributed by atoms with Gasteiger partial charge in [-0.1, -0.05) is 13.8 Å². The van der Waals surface area contributed by atoms with Crippen LogP contribution in [0.4, 0.5) is 0 Å². The van der Waals surface area contributed by atoms with E-state index in [1.165, 1.54) is 0 Å². The molecule has 1 saturated carbocycles. The van der Waals surface area contributed by atoms with E-state index in [1.54, 1.807) is 0 Å². The van der Waals surface area contributed by atoms with Crippen molar-refractivity contribution in [2.45, 2.75) is 51.6 Å². The van der Waals surface area contributed by atoms with Crippen molar-refractivity contribution in [3.05, 3.63) is 0 Å². The summed E-state index contributed by atoms with van der Waals surface area (Å²) >= 11 is 0. The van der Waals surface area contributed by atoms with Gasteiger partial charge in [0.15, 0.2) is 0 Å². The van der Waals surface area contributed by atoms with E-state index < -0.39 is 5.60 Å². The van der Waals surface area contributed by atoms with Gasteiger partial charge in [-0.2, -0.15) is 0 Å². The first kappa shape index (κ1) is 13.9. The van der Waals surface area contributed by atoms with Crippen LogP contribution in [0.3, 0.4) is 0 Å². The topological polar surface area (TPSA) is 43.7 Å². The zero-order chi connectivity index (χ0) is 12.0. The third kappa shape index (κ3) is 4.40. The highest BCUT2D eigenvalue weighted by molar-refractivity contribution is 4.87. The second kappa shape index (κ2) is 6.58. The lowest BCUT2D eigenvalue weighted by molar-refractivity contribution is -0.0372. The van der Waals surface area contributed by atoms with Crippen LogP contribution in [0.15, 0.2) is 0 Å². The summed E-state index contributed by atoms with van der Waals surface area (Å²) in [6.45, 7) is 6.97. The number of rotatable bonds is 6. The van der Waals surface area contributed by atoms with Gasteiger partial charge in [0, 0.05) is 13.1 Å². The molecule has 2 N–H and O–H groups in total. The highest BCUT2D eigenvalue weighted by atomic mass is 16.3. The summed E-state index contributed by atoms with van der Waals surface area (Å²) in [6.07, 6.45) is 5.18. The first-order chi connectivity index (χ1) is 7.59. The van der Waals surface area contributed by atoms with Crippen molar-refractivity contribution in [1.29, 1.82) is 0 Å². The second-order valence-electron chi connectivity index (χ2n) is 5.41. The van der Waals surface area contributed by atoms with Gasteiger partial charge in [0.05, 0.1) is 12.2 Å². The summed E-state index contributed by atoms with van der Waals surface area (Å²) in [4.78, 5) is 2.19. The molecular formula is C13H27NO2. The molecule has 1 aliphatic carbocycles. The van der Waals surface area contributed by atoms with E-state index in [2.05, 4.69) is 18.7 Å². The van der Waals surface area contributed by atoms with E-state index in [4.69, 9.17) is 5.11 Å². The molecule has 0 unspecified atom stereocenters. The zero-order valence-electron chi connectivity index (χ0n) is 10.8. The van der Waals surface area contributed by atoms with Crippen molar-refractivity contribution in [3.63, 3.8) is 0 Å². The van der Waals surface area contributed by atoms with Crippen molar-refractivity contribution < 1.29 is 10.2 Å². The van der Waals surface area contributed by atoms with Crippen molar-refractivity contribution in [2.75, 3.05) is 26.2 Å². The maximum Gasteiger partial charge on any atom is 0.0774 e. The molecule has 0 aromatic rings. The van der Waals surface area contributed by atoms with Crippen molar-refractivity contribution in [1.82, 2.24) is 4.90 Å². The van der Waals surface area contributed by atoms with Gasteiger partial charge in [0.2, 0.25) is 0 Å². The molecular weight excluding hydrogens is 202 g/mol. The second-order valence-corrected chi connectivity index (χ2v) is 5.41. The molecule has 0 spiro atoms. The molecule has 0 bridgehead atoms. The Kier molecular flexibility index (Phi) is 5.73. The first-order valence-electron chi connectivity index (χ1n) is 6.65. The summed E-state index contributed by atoms with van der Waals surface area (Å²) < 4.78 is 0. The van der Waals surface area contributed by atoms with Crippen molar-refractivity contribution in [3.8, 4) is 0 Å². The molecule has 0 aliphatic heterocycles. The van der Waals surface area contributed by atoms with Crippen molar-refractivity contribution >= 4 is 0 Å². The number of hydrogen-bond acceptors (Lipinski definition) is 3. The monoisotopic (exact) mass is 229 g/mol. The van der Waals surface area contributed by atoms with E-state index in [0.29, 0.717) is 6.54 Å². The van der Waals surface area contributed by atoms with Crippen LogP contribution in [0.5, 0.6) is 0 Å². The quantitative estimate of drug-likeness (QED) is 0.727. The Morgan fingerprint density at radius 1 is 1.25 bits per heavy atom. The highest BCUT2D eigenvalue weighted by Gasteiger charge is 2.33. The summed E-state index contributed by atoms with van der Waals surface area (Å²) in [5.74, 6) is 0.762. The van der Waals surface area contributed by atoms with Gasteiger partial charge < -0.3 is 10.2 Å². The van der Waals surface area contributed by atoms with E-state index in [-0.39, 0.29) is 6.61 Å². The summed E-state index contributed by atoms with van der Waals surface area (Å²) in [5.41, 5.74) is -0.503. The van der Waals surface area contributed by atoms with Gasteiger partial charge in [-0.15, -0.1) is 0 Å². The highest BCUT2D eigenvalue weighted by Crippen LogP contribution is 2.32. The Hall–Kier alpha value is -0.120. The summed E-state index contributed by atoms with van der Waals surface area (Å²) in [6, 6.07) is 0. The Labute approximate surface area is 99.5 Å². The molecule has 1 fully saturated rings. The molecule has 3 heteroatoms. The number of aliphatic hydroxyl groups is 2. The molecule has 0 aromatic carbocycles. The molecule has 0 amide bonds. The Morgan fingerprint density at radius 2 is 1.88 bits per heavy atom. The molecule has 0 aromatic heterocycles. The molecule has 0 radical (unpaired) electrons. The fourth-order valence-electron chi connectivity index (χ4n) is 2.60. The molecule has 0 atom stereocenters. The normalized spacial score (nSPS) is 30.9. The Bertz CT molecular complexity index is 182. The molecule has 1 aliphatic rings. The fraction of sp³-hybridized carbons (Fsp3) is 1.00. The zero-order valence-corrected chi connectivity index (χ0v) is 10.8.